The molecule has 4 aliphatic heterocycles. The quantitative estimate of drug-likeness (QED) is 0.153. The van der Waals surface area contributed by atoms with Gasteiger partial charge in [-0.2, -0.15) is 0 Å². The van der Waals surface area contributed by atoms with Crippen LogP contribution in [0.25, 0.3) is 92.7 Å². The molecule has 8 heteroatoms. The van der Waals surface area contributed by atoms with Crippen LogP contribution in [0.5, 0.6) is 0 Å². The van der Waals surface area contributed by atoms with Gasteiger partial charge in [-0.1, -0.05) is 0 Å². The second-order valence-corrected chi connectivity index (χ2v) is 12.9. The predicted molar refractivity (Wildman–Crippen MR) is 205 cm³/mol. The summed E-state index contributed by atoms with van der Waals surface area (Å²) < 4.78 is 0. The first-order chi connectivity index (χ1) is 24.6. The first kappa shape index (κ1) is 28.2. The number of fused-ring (bicyclic) bond motifs is 16. The summed E-state index contributed by atoms with van der Waals surface area (Å²) in [5.41, 5.74) is 17.8. The Bertz CT molecular complexity index is 2830. The van der Waals surface area contributed by atoms with E-state index >= 15 is 0 Å². The van der Waals surface area contributed by atoms with Crippen molar-refractivity contribution in [3.05, 3.63) is 142 Å². The van der Waals surface area contributed by atoms with Crippen molar-refractivity contribution in [2.45, 2.75) is 12.8 Å². The maximum atomic E-state index is 4.90. The van der Waals surface area contributed by atoms with Gasteiger partial charge in [-0.15, -0.1) is 0 Å². The summed E-state index contributed by atoms with van der Waals surface area (Å²) in [5, 5.41) is 0. The third-order valence-corrected chi connectivity index (χ3v) is 9.17. The van der Waals surface area contributed by atoms with E-state index in [0.717, 1.165) is 103 Å². The number of nitrogens with one attached hydrogen (secondary N) is 4. The molecular weight excluding hydrogens is 617 g/mol. The van der Waals surface area contributed by atoms with Gasteiger partial charge in [-0.3, -0.25) is 0 Å². The number of nitrogens with zero attached hydrogens (tertiary/aromatic N) is 4. The van der Waals surface area contributed by atoms with Gasteiger partial charge in [0.1, 0.15) is 0 Å². The Kier molecular flexibility index (Phi) is 6.45. The predicted octanol–water partition coefficient (Wildman–Crippen LogP) is 9.41. The van der Waals surface area contributed by atoms with E-state index in [1.54, 1.807) is 0 Å². The van der Waals surface area contributed by atoms with Crippen LogP contribution in [0.1, 0.15) is 56.7 Å². The van der Waals surface area contributed by atoms with Crippen LogP contribution in [0.3, 0.4) is 0 Å². The maximum absolute atomic E-state index is 4.90. The lowest BCUT2D eigenvalue weighted by Crippen LogP contribution is -1.89. The molecule has 50 heavy (non-hydrogen) atoms. The molecule has 0 aliphatic carbocycles. The molecule has 0 unspecified atom stereocenters. The number of aromatic amines is 4. The van der Waals surface area contributed by atoms with Crippen LogP contribution in [0.15, 0.2) is 84.9 Å². The van der Waals surface area contributed by atoms with Crippen LogP contribution in [0.2, 0.25) is 0 Å². The molecule has 0 saturated carbocycles. The van der Waals surface area contributed by atoms with Gasteiger partial charge in [0.15, 0.2) is 0 Å². The van der Waals surface area contributed by atoms with E-state index in [1.807, 2.05) is 30.4 Å². The van der Waals surface area contributed by atoms with E-state index in [0.29, 0.717) is 0 Å². The molecule has 0 fully saturated rings. The number of aromatic nitrogens is 8. The zero-order valence-electron chi connectivity index (χ0n) is 26.9. The molecule has 0 saturated heterocycles. The van der Waals surface area contributed by atoms with E-state index in [2.05, 4.69) is 123 Å². The van der Waals surface area contributed by atoms with Gasteiger partial charge >= 0.3 is 0 Å². The lowest BCUT2D eigenvalue weighted by Gasteiger charge is -1.99. The highest BCUT2D eigenvalue weighted by Gasteiger charge is 2.10. The third-order valence-electron chi connectivity index (χ3n) is 9.17. The van der Waals surface area contributed by atoms with Crippen LogP contribution in [-0.4, -0.2) is 39.9 Å². The van der Waals surface area contributed by atoms with Crippen LogP contribution >= 0.6 is 0 Å². The molecule has 0 spiro atoms. The van der Waals surface area contributed by atoms with E-state index in [9.17, 15) is 0 Å². The summed E-state index contributed by atoms with van der Waals surface area (Å²) in [6, 6.07) is 29.5. The highest BCUT2D eigenvalue weighted by Crippen LogP contribution is 2.24. The first-order valence-electron chi connectivity index (χ1n) is 16.7. The second-order valence-electron chi connectivity index (χ2n) is 12.9. The van der Waals surface area contributed by atoms with Crippen molar-refractivity contribution in [1.29, 1.82) is 0 Å². The topological polar surface area (TPSA) is 115 Å². The van der Waals surface area contributed by atoms with Crippen molar-refractivity contribution in [2.24, 2.45) is 0 Å². The fourth-order valence-corrected chi connectivity index (χ4v) is 6.84. The van der Waals surface area contributed by atoms with Gasteiger partial charge in [0.25, 0.3) is 0 Å². The smallest absolute Gasteiger partial charge is 0.0659 e. The molecule has 6 aromatic heterocycles. The Labute approximate surface area is 286 Å². The molecule has 10 heterocycles. The highest BCUT2D eigenvalue weighted by molar-refractivity contribution is 5.80. The van der Waals surface area contributed by atoms with Crippen molar-refractivity contribution in [2.75, 3.05) is 0 Å². The summed E-state index contributed by atoms with van der Waals surface area (Å²) in [7, 11) is 0. The van der Waals surface area contributed by atoms with Crippen LogP contribution < -0.4 is 0 Å². The molecule has 4 aliphatic rings. The van der Waals surface area contributed by atoms with E-state index in [4.69, 9.17) is 19.9 Å². The lowest BCUT2D eigenvalue weighted by molar-refractivity contribution is 0.982. The Hall–Kier alpha value is -6.80. The van der Waals surface area contributed by atoms with Gasteiger partial charge in [-0.25, -0.2) is 19.9 Å². The van der Waals surface area contributed by atoms with Gasteiger partial charge in [0.2, 0.25) is 0 Å². The monoisotopic (exact) mass is 646 g/mol. The molecule has 10 rings (SSSR count). The number of aryl methyl sites for hydroxylation is 2. The van der Waals surface area contributed by atoms with Crippen molar-refractivity contribution in [3.63, 3.8) is 0 Å². The van der Waals surface area contributed by atoms with Crippen LogP contribution in [-0.2, 0) is 12.8 Å². The van der Waals surface area contributed by atoms with Gasteiger partial charge in [-0.05, 0) is 158 Å². The first-order valence-corrected chi connectivity index (χ1v) is 16.7. The van der Waals surface area contributed by atoms with Crippen LogP contribution in [0, 0.1) is 0 Å². The minimum absolute atomic E-state index is 0.826. The van der Waals surface area contributed by atoms with Crippen molar-refractivity contribution >= 4 is 92.7 Å². The Morgan fingerprint density at radius 3 is 1.04 bits per heavy atom. The molecule has 0 amide bonds. The zero-order valence-corrected chi connectivity index (χ0v) is 26.9. The van der Waals surface area contributed by atoms with Gasteiger partial charge < -0.3 is 19.9 Å². The summed E-state index contributed by atoms with van der Waals surface area (Å²) in [6.45, 7) is 0. The lowest BCUT2D eigenvalue weighted by atomic mass is 10.1. The molecule has 16 bridgehead atoms. The summed E-state index contributed by atoms with van der Waals surface area (Å²) in [6.07, 6.45) is 18.0. The van der Waals surface area contributed by atoms with Gasteiger partial charge in [0.05, 0.1) is 45.6 Å². The number of rotatable bonds is 3. The number of hydrogen-bond acceptors (Lipinski definition) is 4. The van der Waals surface area contributed by atoms with Gasteiger partial charge in [0, 0.05) is 44.1 Å². The molecule has 8 nitrogen and oxygen atoms in total. The standard InChI is InChI=1S/C42H30N8/c1(25-15-39-21-35-9-7-31(45-35)17-27-3-5-29(43-27)19-33-11-13-37(47-33)23-41(25)49-39)2-26-16-40-22-36-10-8-32(46-36)18-28-4-6-30(44-28)20-34-12-14-38(48-34)24-42(26)50-40/h3-24,43,46,49-50H,1-2H2. The third kappa shape index (κ3) is 5.69. The van der Waals surface area contributed by atoms with E-state index < -0.39 is 0 Å². The molecule has 4 N–H and O–H groups in total. The maximum Gasteiger partial charge on any atom is 0.0659 e. The SMILES string of the molecule is C1=Cc2cc3ccc(cc4cc(CCc5cc6cc7nc(cc8ccc(cc9nc(cc5[nH]6)C=C9)[nH]8)C=C7)c(cc5nc(cc1n2)C=C5)[nH]4)[nH]3. The molecule has 0 atom stereocenters. The Morgan fingerprint density at radius 2 is 0.620 bits per heavy atom. The molecule has 238 valence electrons. The Balaban J connectivity index is 1.09. The van der Waals surface area contributed by atoms with E-state index in [-0.39, 0.29) is 0 Å². The van der Waals surface area contributed by atoms with Crippen LogP contribution in [0.4, 0.5) is 0 Å². The highest BCUT2D eigenvalue weighted by atomic mass is 14.8. The summed E-state index contributed by atoms with van der Waals surface area (Å²) in [4.78, 5) is 33.6. The average Bonchev–Trinajstić information content (AvgIpc) is 3.94. The minimum atomic E-state index is 0.826. The fraction of sp³-hybridized carbons (Fsp3) is 0.0476. The molecular formula is C42H30N8. The normalized spacial score (nSPS) is 13.0. The second kappa shape index (κ2) is 11.4. The van der Waals surface area contributed by atoms with Crippen molar-refractivity contribution in [3.8, 4) is 0 Å². The largest absolute Gasteiger partial charge is 0.355 e. The molecule has 6 aromatic rings. The Morgan fingerprint density at radius 1 is 0.300 bits per heavy atom. The van der Waals surface area contributed by atoms with Crippen molar-refractivity contribution in [1.82, 2.24) is 39.9 Å². The molecule has 0 aromatic carbocycles. The number of H-pyrrole nitrogens is 4. The number of hydrogen-bond donors (Lipinski definition) is 4. The fourth-order valence-electron chi connectivity index (χ4n) is 6.84. The van der Waals surface area contributed by atoms with Crippen molar-refractivity contribution < 1.29 is 0 Å². The summed E-state index contributed by atoms with van der Waals surface area (Å²) in [5.74, 6) is 0. The van der Waals surface area contributed by atoms with E-state index in [1.165, 1.54) is 11.1 Å². The summed E-state index contributed by atoms with van der Waals surface area (Å²) >= 11 is 0. The molecule has 0 radical (unpaired) electrons. The minimum Gasteiger partial charge on any atom is -0.355 e. The zero-order chi connectivity index (χ0) is 33.0. The average molecular weight is 647 g/mol.